The Hall–Kier alpha value is -2.61. The average Bonchev–Trinajstić information content (AvgIpc) is 2.81. The van der Waals surface area contributed by atoms with Crippen molar-refractivity contribution in [2.45, 2.75) is 46.0 Å². The van der Waals surface area contributed by atoms with Crippen LogP contribution in [0.3, 0.4) is 0 Å². The number of hydrogen-bond donors (Lipinski definition) is 1. The van der Waals surface area contributed by atoms with Gasteiger partial charge < -0.3 is 9.88 Å². The first-order chi connectivity index (χ1) is 11.4. The summed E-state index contributed by atoms with van der Waals surface area (Å²) < 4.78 is 1.82. The van der Waals surface area contributed by atoms with Gasteiger partial charge in [-0.05, 0) is 45.2 Å². The third-order valence-corrected chi connectivity index (χ3v) is 5.16. The molecule has 24 heavy (non-hydrogen) atoms. The van der Waals surface area contributed by atoms with E-state index in [-0.39, 0.29) is 17.5 Å². The molecule has 1 unspecified atom stereocenters. The molecule has 1 N–H and O–H groups in total. The Balaban J connectivity index is 2.28. The summed E-state index contributed by atoms with van der Waals surface area (Å²) in [5, 5.41) is 12.6. The third-order valence-electron chi connectivity index (χ3n) is 5.16. The molecule has 0 saturated carbocycles. The molecule has 0 radical (unpaired) electrons. The molecule has 0 amide bonds. The van der Waals surface area contributed by atoms with Crippen molar-refractivity contribution in [1.82, 2.24) is 9.88 Å². The van der Waals surface area contributed by atoms with Crippen molar-refractivity contribution in [3.05, 3.63) is 45.6 Å². The molecule has 1 aromatic rings. The van der Waals surface area contributed by atoms with E-state index in [1.807, 2.05) is 31.5 Å². The highest BCUT2D eigenvalue weighted by molar-refractivity contribution is 6.05. The number of nitrogens with one attached hydrogen (secondary N) is 1. The maximum absolute atomic E-state index is 12.7. The number of Topliss-reactive ketones (excluding diaryl/α,β-unsaturated/α-hetero) is 2. The van der Waals surface area contributed by atoms with E-state index < -0.39 is 0 Å². The van der Waals surface area contributed by atoms with Crippen molar-refractivity contribution in [1.29, 1.82) is 5.26 Å². The number of carbonyl (C=O) groups excluding carboxylic acids is 2. The summed E-state index contributed by atoms with van der Waals surface area (Å²) in [7, 11) is 1.83. The number of allylic oxidation sites excluding steroid dienone is 4. The molecule has 2 aliphatic rings. The van der Waals surface area contributed by atoms with E-state index in [1.54, 1.807) is 0 Å². The zero-order valence-corrected chi connectivity index (χ0v) is 14.5. The van der Waals surface area contributed by atoms with Crippen LogP contribution in [0.15, 0.2) is 28.6 Å². The van der Waals surface area contributed by atoms with Gasteiger partial charge in [-0.2, -0.15) is 5.26 Å². The van der Waals surface area contributed by atoms with E-state index in [4.69, 9.17) is 0 Å². The van der Waals surface area contributed by atoms with Gasteiger partial charge in [0.15, 0.2) is 11.6 Å². The highest BCUT2D eigenvalue weighted by Crippen LogP contribution is 2.43. The zero-order valence-electron chi connectivity index (χ0n) is 14.5. The Morgan fingerprint density at radius 3 is 2.67 bits per heavy atom. The topological polar surface area (TPSA) is 74.9 Å². The number of rotatable bonds is 2. The molecule has 0 spiro atoms. The van der Waals surface area contributed by atoms with Gasteiger partial charge in [0.1, 0.15) is 11.8 Å². The Morgan fingerprint density at radius 1 is 1.38 bits per heavy atom. The van der Waals surface area contributed by atoms with Crippen LogP contribution in [0, 0.1) is 18.3 Å². The van der Waals surface area contributed by atoms with Gasteiger partial charge in [-0.25, -0.2) is 0 Å². The molecule has 0 bridgehead atoms. The molecular weight excluding hydrogens is 302 g/mol. The number of aromatic nitrogens is 1. The SMILES string of the molecule is CC(=O)C1=C(C)NC2=C(C(=O)CCC2)C1c1cc(C#N)n(C)c1C. The third kappa shape index (κ3) is 2.30. The molecule has 0 saturated heterocycles. The summed E-state index contributed by atoms with van der Waals surface area (Å²) in [6.45, 7) is 5.35. The van der Waals surface area contributed by atoms with Crippen molar-refractivity contribution in [2.24, 2.45) is 7.05 Å². The van der Waals surface area contributed by atoms with E-state index in [0.29, 0.717) is 23.3 Å². The van der Waals surface area contributed by atoms with Gasteiger partial charge in [-0.15, -0.1) is 0 Å². The van der Waals surface area contributed by atoms with Crippen molar-refractivity contribution in [3.63, 3.8) is 0 Å². The molecular formula is C19H21N3O2. The molecule has 1 aromatic heterocycles. The van der Waals surface area contributed by atoms with Crippen LogP contribution in [-0.2, 0) is 16.6 Å². The number of nitrogens with zero attached hydrogens (tertiary/aromatic N) is 2. The fourth-order valence-electron chi connectivity index (χ4n) is 3.88. The minimum Gasteiger partial charge on any atom is -0.362 e. The normalized spacial score (nSPS) is 20.6. The largest absolute Gasteiger partial charge is 0.362 e. The number of hydrogen-bond acceptors (Lipinski definition) is 4. The monoisotopic (exact) mass is 323 g/mol. The van der Waals surface area contributed by atoms with E-state index in [9.17, 15) is 14.9 Å². The summed E-state index contributed by atoms with van der Waals surface area (Å²) in [5.74, 6) is -0.321. The first-order valence-corrected chi connectivity index (χ1v) is 8.18. The highest BCUT2D eigenvalue weighted by Gasteiger charge is 2.38. The van der Waals surface area contributed by atoms with Crippen LogP contribution in [0.2, 0.25) is 0 Å². The van der Waals surface area contributed by atoms with Crippen LogP contribution < -0.4 is 5.32 Å². The van der Waals surface area contributed by atoms with Gasteiger partial charge >= 0.3 is 0 Å². The summed E-state index contributed by atoms with van der Waals surface area (Å²) in [6, 6.07) is 3.99. The Morgan fingerprint density at radius 2 is 2.08 bits per heavy atom. The first-order valence-electron chi connectivity index (χ1n) is 8.18. The van der Waals surface area contributed by atoms with Crippen LogP contribution in [-0.4, -0.2) is 16.1 Å². The Kier molecular flexibility index (Phi) is 3.92. The zero-order chi connectivity index (χ0) is 17.6. The minimum atomic E-state index is -0.375. The average molecular weight is 323 g/mol. The number of carbonyl (C=O) groups is 2. The fourth-order valence-corrected chi connectivity index (χ4v) is 3.88. The standard InChI is InChI=1S/C19H21N3O2/c1-10-17(12(3)23)18(14-8-13(9-20)22(4)11(14)2)19-15(21-10)6-5-7-16(19)24/h8,18,21H,5-7H2,1-4H3. The molecule has 0 fully saturated rings. The van der Waals surface area contributed by atoms with E-state index in [0.717, 1.165) is 35.5 Å². The predicted molar refractivity (Wildman–Crippen MR) is 90.0 cm³/mol. The maximum Gasteiger partial charge on any atom is 0.161 e. The lowest BCUT2D eigenvalue weighted by molar-refractivity contribution is -0.116. The van der Waals surface area contributed by atoms with Gasteiger partial charge in [-0.3, -0.25) is 9.59 Å². The second-order valence-corrected chi connectivity index (χ2v) is 6.56. The Labute approximate surface area is 141 Å². The molecule has 1 aliphatic heterocycles. The lowest BCUT2D eigenvalue weighted by Gasteiger charge is -2.34. The number of nitriles is 1. The summed E-state index contributed by atoms with van der Waals surface area (Å²) >= 11 is 0. The van der Waals surface area contributed by atoms with E-state index >= 15 is 0 Å². The molecule has 124 valence electrons. The highest BCUT2D eigenvalue weighted by atomic mass is 16.1. The molecule has 1 aliphatic carbocycles. The van der Waals surface area contributed by atoms with Crippen molar-refractivity contribution in [2.75, 3.05) is 0 Å². The van der Waals surface area contributed by atoms with Crippen LogP contribution >= 0.6 is 0 Å². The fraction of sp³-hybridized carbons (Fsp3) is 0.421. The van der Waals surface area contributed by atoms with Crippen LogP contribution in [0.5, 0.6) is 0 Å². The van der Waals surface area contributed by atoms with Crippen LogP contribution in [0.4, 0.5) is 0 Å². The van der Waals surface area contributed by atoms with Crippen molar-refractivity contribution < 1.29 is 9.59 Å². The summed E-state index contributed by atoms with van der Waals surface area (Å²) in [5.41, 5.74) is 5.39. The van der Waals surface area contributed by atoms with Gasteiger partial charge in [0.05, 0.1) is 0 Å². The van der Waals surface area contributed by atoms with Crippen LogP contribution in [0.1, 0.15) is 56.0 Å². The quantitative estimate of drug-likeness (QED) is 0.908. The Bertz CT molecular complexity index is 862. The molecule has 5 heteroatoms. The van der Waals surface area contributed by atoms with Gasteiger partial charge in [-0.1, -0.05) is 0 Å². The second-order valence-electron chi connectivity index (χ2n) is 6.56. The first kappa shape index (κ1) is 16.3. The van der Waals surface area contributed by atoms with Gasteiger partial charge in [0, 0.05) is 47.6 Å². The van der Waals surface area contributed by atoms with Crippen molar-refractivity contribution >= 4 is 11.6 Å². The van der Waals surface area contributed by atoms with Crippen molar-refractivity contribution in [3.8, 4) is 6.07 Å². The smallest absolute Gasteiger partial charge is 0.161 e. The van der Waals surface area contributed by atoms with Gasteiger partial charge in [0.2, 0.25) is 0 Å². The molecule has 1 atom stereocenters. The van der Waals surface area contributed by atoms with E-state index in [2.05, 4.69) is 11.4 Å². The lowest BCUT2D eigenvalue weighted by Crippen LogP contribution is -2.33. The second kappa shape index (κ2) is 5.79. The molecule has 0 aromatic carbocycles. The van der Waals surface area contributed by atoms with E-state index in [1.165, 1.54) is 6.92 Å². The molecule has 2 heterocycles. The number of ketones is 2. The summed E-state index contributed by atoms with van der Waals surface area (Å²) in [4.78, 5) is 25.0. The predicted octanol–water partition coefficient (Wildman–Crippen LogP) is 2.76. The summed E-state index contributed by atoms with van der Waals surface area (Å²) in [6.07, 6.45) is 2.16. The molecule has 5 nitrogen and oxygen atoms in total. The number of dihydropyridines is 1. The lowest BCUT2D eigenvalue weighted by atomic mass is 9.74. The maximum atomic E-state index is 12.7. The van der Waals surface area contributed by atoms with Crippen LogP contribution in [0.25, 0.3) is 0 Å². The van der Waals surface area contributed by atoms with Gasteiger partial charge in [0.25, 0.3) is 0 Å². The minimum absolute atomic E-state index is 0.0447. The molecule has 3 rings (SSSR count).